The van der Waals surface area contributed by atoms with Gasteiger partial charge in [0.1, 0.15) is 11.6 Å². The molecule has 0 fully saturated rings. The number of aromatic nitrogens is 2. The van der Waals surface area contributed by atoms with Crippen LogP contribution in [-0.4, -0.2) is 23.0 Å². The van der Waals surface area contributed by atoms with E-state index in [1.807, 2.05) is 18.2 Å². The van der Waals surface area contributed by atoms with Crippen LogP contribution in [0.2, 0.25) is 0 Å². The van der Waals surface area contributed by atoms with Gasteiger partial charge in [-0.1, -0.05) is 32.0 Å². The van der Waals surface area contributed by atoms with E-state index in [1.54, 1.807) is 7.11 Å². The van der Waals surface area contributed by atoms with Crippen LogP contribution in [0, 0.1) is 0 Å². The molecule has 1 N–H and O–H groups in total. The van der Waals surface area contributed by atoms with Crippen molar-refractivity contribution in [1.29, 1.82) is 0 Å². The van der Waals surface area contributed by atoms with Crippen molar-refractivity contribution in [2.75, 3.05) is 19.0 Å². The number of rotatable bonds is 6. The normalized spacial score (nSPS) is 10.7. The van der Waals surface area contributed by atoms with Crippen molar-refractivity contribution in [3.63, 3.8) is 0 Å². The average molecular weight is 277 g/mol. The number of methoxy groups -OCH3 is 1. The first kappa shape index (κ1) is 13.8. The van der Waals surface area contributed by atoms with E-state index >= 15 is 0 Å². The fraction of sp³-hybridized carbons (Fsp3) is 0.429. The van der Waals surface area contributed by atoms with E-state index in [1.165, 1.54) is 17.1 Å². The minimum absolute atomic E-state index is 0.376. The van der Waals surface area contributed by atoms with E-state index in [-0.39, 0.29) is 0 Å². The predicted molar refractivity (Wildman–Crippen MR) is 79.2 cm³/mol. The lowest BCUT2D eigenvalue weighted by atomic mass is 10.1. The molecule has 1 aromatic heterocycles. The van der Waals surface area contributed by atoms with Crippen LogP contribution in [0.3, 0.4) is 0 Å². The summed E-state index contributed by atoms with van der Waals surface area (Å²) in [7, 11) is 1.70. The number of ether oxygens (including phenoxy) is 1. The molecular formula is C14H19N3OS. The molecule has 5 heteroatoms. The molecule has 2 aromatic rings. The van der Waals surface area contributed by atoms with Gasteiger partial charge in [-0.15, -0.1) is 0 Å². The van der Waals surface area contributed by atoms with Crippen molar-refractivity contribution in [2.45, 2.75) is 26.2 Å². The van der Waals surface area contributed by atoms with E-state index in [2.05, 4.69) is 34.6 Å². The van der Waals surface area contributed by atoms with Crippen LogP contribution < -0.4 is 10.1 Å². The number of hydrogen-bond acceptors (Lipinski definition) is 5. The van der Waals surface area contributed by atoms with Gasteiger partial charge < -0.3 is 10.1 Å². The fourth-order valence-corrected chi connectivity index (χ4v) is 2.49. The Balaban J connectivity index is 1.89. The molecule has 19 heavy (non-hydrogen) atoms. The summed E-state index contributed by atoms with van der Waals surface area (Å²) in [6.45, 7) is 5.02. The minimum atomic E-state index is 0.376. The van der Waals surface area contributed by atoms with Gasteiger partial charge in [-0.25, -0.2) is 4.98 Å². The van der Waals surface area contributed by atoms with E-state index < -0.39 is 0 Å². The third kappa shape index (κ3) is 3.67. The summed E-state index contributed by atoms with van der Waals surface area (Å²) in [5, 5.41) is 4.20. The van der Waals surface area contributed by atoms with Gasteiger partial charge in [0.05, 0.1) is 7.11 Å². The maximum absolute atomic E-state index is 5.33. The van der Waals surface area contributed by atoms with Crippen molar-refractivity contribution in [2.24, 2.45) is 0 Å². The molecule has 0 saturated carbocycles. The lowest BCUT2D eigenvalue weighted by Crippen LogP contribution is -2.05. The van der Waals surface area contributed by atoms with Gasteiger partial charge >= 0.3 is 0 Å². The van der Waals surface area contributed by atoms with E-state index in [9.17, 15) is 0 Å². The molecular weight excluding hydrogens is 258 g/mol. The number of benzene rings is 1. The van der Waals surface area contributed by atoms with E-state index in [0.29, 0.717) is 5.92 Å². The Bertz CT molecular complexity index is 525. The quantitative estimate of drug-likeness (QED) is 0.880. The second-order valence-electron chi connectivity index (χ2n) is 4.60. The summed E-state index contributed by atoms with van der Waals surface area (Å²) in [5.41, 5.74) is 1.20. The van der Waals surface area contributed by atoms with Crippen molar-refractivity contribution in [3.8, 4) is 5.75 Å². The van der Waals surface area contributed by atoms with Crippen LogP contribution in [0.15, 0.2) is 24.3 Å². The lowest BCUT2D eigenvalue weighted by Gasteiger charge is -2.08. The molecule has 0 aliphatic rings. The predicted octanol–water partition coefficient (Wildman–Crippen LogP) is 3.32. The summed E-state index contributed by atoms with van der Waals surface area (Å²) < 4.78 is 9.65. The Hall–Kier alpha value is -1.62. The van der Waals surface area contributed by atoms with Crippen LogP contribution in [0.5, 0.6) is 5.75 Å². The Morgan fingerprint density at radius 1 is 1.32 bits per heavy atom. The Morgan fingerprint density at radius 3 is 2.79 bits per heavy atom. The first-order valence-electron chi connectivity index (χ1n) is 6.40. The fourth-order valence-electron chi connectivity index (χ4n) is 1.75. The topological polar surface area (TPSA) is 47.0 Å². The van der Waals surface area contributed by atoms with Gasteiger partial charge in [-0.2, -0.15) is 4.37 Å². The molecule has 0 bridgehead atoms. The number of nitrogens with one attached hydrogen (secondary N) is 1. The van der Waals surface area contributed by atoms with Crippen molar-refractivity contribution in [3.05, 3.63) is 35.7 Å². The first-order chi connectivity index (χ1) is 9.20. The van der Waals surface area contributed by atoms with Crippen LogP contribution in [-0.2, 0) is 6.42 Å². The van der Waals surface area contributed by atoms with Gasteiger partial charge in [-0.3, -0.25) is 0 Å². The summed E-state index contributed by atoms with van der Waals surface area (Å²) in [6.07, 6.45) is 0.903. The number of hydrogen-bond donors (Lipinski definition) is 1. The van der Waals surface area contributed by atoms with Crippen molar-refractivity contribution in [1.82, 2.24) is 9.36 Å². The summed E-state index contributed by atoms with van der Waals surface area (Å²) in [4.78, 5) is 4.45. The lowest BCUT2D eigenvalue weighted by molar-refractivity contribution is 0.410. The van der Waals surface area contributed by atoms with Gasteiger partial charge in [0.2, 0.25) is 5.13 Å². The van der Waals surface area contributed by atoms with Crippen LogP contribution in [0.4, 0.5) is 5.13 Å². The highest BCUT2D eigenvalue weighted by Gasteiger charge is 2.07. The standard InChI is InChI=1S/C14H19N3OS/c1-10(2)13-16-14(19-17-13)15-9-8-11-6-4-5-7-12(11)18-3/h4-7,10H,8-9H2,1-3H3,(H,15,16,17). The summed E-state index contributed by atoms with van der Waals surface area (Å²) in [6, 6.07) is 8.08. The molecule has 0 unspecified atom stereocenters. The zero-order chi connectivity index (χ0) is 13.7. The molecule has 4 nitrogen and oxygen atoms in total. The zero-order valence-electron chi connectivity index (χ0n) is 11.5. The van der Waals surface area contributed by atoms with E-state index in [0.717, 1.165) is 29.7 Å². The molecule has 0 saturated heterocycles. The highest BCUT2D eigenvalue weighted by atomic mass is 32.1. The molecule has 2 rings (SSSR count). The van der Waals surface area contributed by atoms with Crippen LogP contribution >= 0.6 is 11.5 Å². The molecule has 0 atom stereocenters. The SMILES string of the molecule is COc1ccccc1CCNc1nc(C(C)C)ns1. The highest BCUT2D eigenvalue weighted by Crippen LogP contribution is 2.19. The monoisotopic (exact) mass is 277 g/mol. The number of para-hydroxylation sites is 1. The Morgan fingerprint density at radius 2 is 2.11 bits per heavy atom. The molecule has 102 valence electrons. The van der Waals surface area contributed by atoms with Gasteiger partial charge in [0.15, 0.2) is 0 Å². The Labute approximate surface area is 118 Å². The van der Waals surface area contributed by atoms with Crippen molar-refractivity contribution >= 4 is 16.7 Å². The molecule has 0 radical (unpaired) electrons. The second kappa shape index (κ2) is 6.52. The molecule has 0 amide bonds. The minimum Gasteiger partial charge on any atom is -0.496 e. The number of anilines is 1. The number of nitrogens with zero attached hydrogens (tertiary/aromatic N) is 2. The smallest absolute Gasteiger partial charge is 0.202 e. The molecule has 0 aliphatic heterocycles. The van der Waals surface area contributed by atoms with Gasteiger partial charge in [0.25, 0.3) is 0 Å². The molecule has 1 heterocycles. The summed E-state index contributed by atoms with van der Waals surface area (Å²) in [5.74, 6) is 2.22. The maximum atomic E-state index is 5.33. The molecule has 1 aromatic carbocycles. The van der Waals surface area contributed by atoms with Gasteiger partial charge in [-0.05, 0) is 18.1 Å². The van der Waals surface area contributed by atoms with Crippen LogP contribution in [0.1, 0.15) is 31.2 Å². The third-order valence-electron chi connectivity index (χ3n) is 2.82. The van der Waals surface area contributed by atoms with Gasteiger partial charge in [0, 0.05) is 24.0 Å². The van der Waals surface area contributed by atoms with Crippen molar-refractivity contribution < 1.29 is 4.74 Å². The summed E-state index contributed by atoms with van der Waals surface area (Å²) >= 11 is 1.42. The maximum Gasteiger partial charge on any atom is 0.202 e. The third-order valence-corrected chi connectivity index (χ3v) is 3.51. The highest BCUT2D eigenvalue weighted by molar-refractivity contribution is 7.09. The molecule has 0 aliphatic carbocycles. The van der Waals surface area contributed by atoms with Crippen LogP contribution in [0.25, 0.3) is 0 Å². The first-order valence-corrected chi connectivity index (χ1v) is 7.17. The second-order valence-corrected chi connectivity index (χ2v) is 5.35. The largest absolute Gasteiger partial charge is 0.496 e. The Kier molecular flexibility index (Phi) is 4.74. The molecule has 0 spiro atoms. The van der Waals surface area contributed by atoms with E-state index in [4.69, 9.17) is 4.74 Å². The average Bonchev–Trinajstić information content (AvgIpc) is 2.88. The zero-order valence-corrected chi connectivity index (χ0v) is 12.3.